The maximum absolute atomic E-state index is 12.9. The quantitative estimate of drug-likeness (QED) is 0.632. The second kappa shape index (κ2) is 10.2. The maximum Gasteiger partial charge on any atom is 0.261 e. The number of benzene rings is 2. The van der Waals surface area contributed by atoms with Crippen molar-refractivity contribution in [1.29, 1.82) is 0 Å². The van der Waals surface area contributed by atoms with Crippen molar-refractivity contribution in [2.45, 2.75) is 59.1 Å². The van der Waals surface area contributed by atoms with Gasteiger partial charge in [0.25, 0.3) is 5.91 Å². The lowest BCUT2D eigenvalue weighted by Gasteiger charge is -2.23. The number of hydrogen-bond acceptors (Lipinski definition) is 4. The number of carbonyl (C=O) groups excluding carboxylic acids is 1. The Labute approximate surface area is 174 Å². The molecule has 0 unspecified atom stereocenters. The van der Waals surface area contributed by atoms with Gasteiger partial charge >= 0.3 is 0 Å². The van der Waals surface area contributed by atoms with Crippen LogP contribution < -0.4 is 19.5 Å². The fraction of sp³-hybridized carbons (Fsp3) is 0.458. The molecular weight excluding hydrogens is 366 g/mol. The average molecular weight is 400 g/mol. The third-order valence-corrected chi connectivity index (χ3v) is 5.07. The predicted octanol–water partition coefficient (Wildman–Crippen LogP) is 5.17. The number of aryl methyl sites for hydroxylation is 1. The summed E-state index contributed by atoms with van der Waals surface area (Å²) in [6, 6.07) is 11.3. The number of hydrogen-bond donors (Lipinski definition) is 1. The Hall–Kier alpha value is -2.69. The van der Waals surface area contributed by atoms with Crippen LogP contribution in [0.25, 0.3) is 0 Å². The van der Waals surface area contributed by atoms with E-state index in [9.17, 15) is 4.79 Å². The van der Waals surface area contributed by atoms with Gasteiger partial charge in [0.15, 0.2) is 6.10 Å². The first-order valence-corrected chi connectivity index (χ1v) is 10.1. The van der Waals surface area contributed by atoms with Crippen molar-refractivity contribution < 1.29 is 19.0 Å². The Morgan fingerprint density at radius 1 is 0.966 bits per heavy atom. The topological polar surface area (TPSA) is 56.8 Å². The number of carbonyl (C=O) groups is 1. The third-order valence-electron chi connectivity index (χ3n) is 5.07. The lowest BCUT2D eigenvalue weighted by atomic mass is 9.93. The summed E-state index contributed by atoms with van der Waals surface area (Å²) in [5.74, 6) is 2.47. The zero-order chi connectivity index (χ0) is 21.6. The number of ether oxygens (including phenoxy) is 3. The second-order valence-electron chi connectivity index (χ2n) is 7.53. The van der Waals surface area contributed by atoms with Crippen LogP contribution in [0.5, 0.6) is 17.2 Å². The maximum atomic E-state index is 12.9. The molecule has 0 saturated heterocycles. The molecule has 0 heterocycles. The molecule has 2 aromatic rings. The van der Waals surface area contributed by atoms with Gasteiger partial charge in [-0.25, -0.2) is 0 Å². The second-order valence-corrected chi connectivity index (χ2v) is 7.53. The van der Waals surface area contributed by atoms with Crippen LogP contribution in [-0.4, -0.2) is 26.2 Å². The monoisotopic (exact) mass is 399 g/mol. The van der Waals surface area contributed by atoms with E-state index in [1.54, 1.807) is 26.4 Å². The summed E-state index contributed by atoms with van der Waals surface area (Å²) < 4.78 is 16.6. The number of amides is 1. The van der Waals surface area contributed by atoms with E-state index in [0.29, 0.717) is 18.1 Å². The van der Waals surface area contributed by atoms with E-state index in [4.69, 9.17) is 14.2 Å². The fourth-order valence-corrected chi connectivity index (χ4v) is 3.34. The lowest BCUT2D eigenvalue weighted by molar-refractivity contribution is -0.128. The first kappa shape index (κ1) is 22.6. The third kappa shape index (κ3) is 5.66. The lowest BCUT2D eigenvalue weighted by Crippen LogP contribution is -2.39. The van der Waals surface area contributed by atoms with Crippen LogP contribution in [0.2, 0.25) is 0 Å². The molecule has 0 aliphatic carbocycles. The van der Waals surface area contributed by atoms with E-state index in [2.05, 4.69) is 25.2 Å². The Kier molecular flexibility index (Phi) is 7.94. The molecule has 0 radical (unpaired) electrons. The molecule has 0 fully saturated rings. The normalized spacial score (nSPS) is 13.0. The molecule has 2 atom stereocenters. The Balaban J connectivity index is 2.14. The molecule has 158 valence electrons. The van der Waals surface area contributed by atoms with Gasteiger partial charge in [-0.3, -0.25) is 4.79 Å². The van der Waals surface area contributed by atoms with E-state index >= 15 is 0 Å². The van der Waals surface area contributed by atoms with Crippen LogP contribution in [0, 0.1) is 6.92 Å². The molecule has 1 N–H and O–H groups in total. The minimum atomic E-state index is -0.561. The van der Waals surface area contributed by atoms with Crippen molar-refractivity contribution in [2.75, 3.05) is 14.2 Å². The summed E-state index contributed by atoms with van der Waals surface area (Å²) in [6.45, 7) is 10.2. The van der Waals surface area contributed by atoms with Crippen LogP contribution in [-0.2, 0) is 4.79 Å². The summed E-state index contributed by atoms with van der Waals surface area (Å²) in [5, 5.41) is 3.11. The van der Waals surface area contributed by atoms with Crippen LogP contribution in [0.15, 0.2) is 36.4 Å². The molecule has 29 heavy (non-hydrogen) atoms. The molecule has 5 heteroatoms. The van der Waals surface area contributed by atoms with Gasteiger partial charge in [-0.05, 0) is 79.3 Å². The number of nitrogens with one attached hydrogen (secondary N) is 1. The molecule has 0 bridgehead atoms. The van der Waals surface area contributed by atoms with Gasteiger partial charge in [0.05, 0.1) is 20.3 Å². The molecule has 0 aliphatic heterocycles. The highest BCUT2D eigenvalue weighted by atomic mass is 16.5. The van der Waals surface area contributed by atoms with Gasteiger partial charge in [-0.2, -0.15) is 0 Å². The van der Waals surface area contributed by atoms with E-state index in [1.165, 1.54) is 0 Å². The molecule has 2 rings (SSSR count). The summed E-state index contributed by atoms with van der Waals surface area (Å²) >= 11 is 0. The zero-order valence-corrected chi connectivity index (χ0v) is 18.5. The molecule has 2 aromatic carbocycles. The largest absolute Gasteiger partial charge is 0.497 e. The molecule has 1 amide bonds. The summed E-state index contributed by atoms with van der Waals surface area (Å²) in [7, 11) is 3.30. The van der Waals surface area contributed by atoms with E-state index in [0.717, 1.165) is 28.2 Å². The van der Waals surface area contributed by atoms with Crippen molar-refractivity contribution >= 4 is 5.91 Å². The van der Waals surface area contributed by atoms with Crippen molar-refractivity contribution in [2.24, 2.45) is 0 Å². The predicted molar refractivity (Wildman–Crippen MR) is 116 cm³/mol. The van der Waals surface area contributed by atoms with Gasteiger partial charge in [0.2, 0.25) is 0 Å². The van der Waals surface area contributed by atoms with Crippen LogP contribution in [0.1, 0.15) is 62.8 Å². The van der Waals surface area contributed by atoms with Crippen molar-refractivity contribution in [3.05, 3.63) is 53.1 Å². The molecule has 5 nitrogen and oxygen atoms in total. The van der Waals surface area contributed by atoms with Gasteiger partial charge in [-0.15, -0.1) is 0 Å². The minimum Gasteiger partial charge on any atom is -0.497 e. The van der Waals surface area contributed by atoms with Crippen LogP contribution in [0.4, 0.5) is 0 Å². The number of rotatable bonds is 9. The highest BCUT2D eigenvalue weighted by Crippen LogP contribution is 2.32. The Morgan fingerprint density at radius 3 is 2.10 bits per heavy atom. The Bertz CT molecular complexity index is 814. The highest BCUT2D eigenvalue weighted by Gasteiger charge is 2.22. The first-order chi connectivity index (χ1) is 13.8. The molecule has 0 aromatic heterocycles. The van der Waals surface area contributed by atoms with Crippen LogP contribution >= 0.6 is 0 Å². The van der Waals surface area contributed by atoms with E-state index in [1.807, 2.05) is 39.0 Å². The van der Waals surface area contributed by atoms with Crippen molar-refractivity contribution in [3.8, 4) is 17.2 Å². The standard InChI is InChI=1S/C24H33NO4/c1-8-22(29-19-11-9-18(27-6)10-12-19)24(26)25-17(5)21-14-20(15(2)3)23(28-7)13-16(21)4/h9-15,17,22H,8H2,1-7H3,(H,25,26)/t17-,22+/m0/s1. The number of methoxy groups -OCH3 is 2. The van der Waals surface area contributed by atoms with Crippen molar-refractivity contribution in [1.82, 2.24) is 5.32 Å². The molecule has 0 spiro atoms. The first-order valence-electron chi connectivity index (χ1n) is 10.1. The smallest absolute Gasteiger partial charge is 0.261 e. The summed E-state index contributed by atoms with van der Waals surface area (Å²) in [4.78, 5) is 12.9. The van der Waals surface area contributed by atoms with Crippen LogP contribution in [0.3, 0.4) is 0 Å². The van der Waals surface area contributed by atoms with Gasteiger partial charge < -0.3 is 19.5 Å². The fourth-order valence-electron chi connectivity index (χ4n) is 3.34. The summed E-state index contributed by atoms with van der Waals surface area (Å²) in [5.41, 5.74) is 3.31. The van der Waals surface area contributed by atoms with E-state index in [-0.39, 0.29) is 11.9 Å². The molecule has 0 saturated carbocycles. The van der Waals surface area contributed by atoms with Gasteiger partial charge in [-0.1, -0.05) is 20.8 Å². The SMILES string of the molecule is CC[C@@H](Oc1ccc(OC)cc1)C(=O)N[C@@H](C)c1cc(C(C)C)c(OC)cc1C. The van der Waals surface area contributed by atoms with Gasteiger partial charge in [0, 0.05) is 0 Å². The van der Waals surface area contributed by atoms with E-state index < -0.39 is 6.10 Å². The van der Waals surface area contributed by atoms with Crippen molar-refractivity contribution in [3.63, 3.8) is 0 Å². The molecule has 0 aliphatic rings. The zero-order valence-electron chi connectivity index (χ0n) is 18.5. The Morgan fingerprint density at radius 2 is 1.59 bits per heavy atom. The highest BCUT2D eigenvalue weighted by molar-refractivity contribution is 5.81. The summed E-state index contributed by atoms with van der Waals surface area (Å²) in [6.07, 6.45) is 0.0117. The average Bonchev–Trinajstić information content (AvgIpc) is 2.71. The minimum absolute atomic E-state index is 0.128. The van der Waals surface area contributed by atoms with Gasteiger partial charge in [0.1, 0.15) is 17.2 Å². The molecular formula is C24H33NO4.